The number of nitrogens with zero attached hydrogens (tertiary/aromatic N) is 1. The number of benzene rings is 6. The molecule has 8 aromatic carbocycles. The van der Waals surface area contributed by atoms with Crippen molar-refractivity contribution in [2.45, 2.75) is 13.1 Å². The van der Waals surface area contributed by atoms with Gasteiger partial charge in [-0.15, -0.1) is 34.4 Å². The van der Waals surface area contributed by atoms with E-state index < -0.39 is 5.43 Å². The zero-order valence-electron chi connectivity index (χ0n) is 27.2. The van der Waals surface area contributed by atoms with Crippen LogP contribution in [0.25, 0.3) is 21.5 Å². The monoisotopic (exact) mass is 767 g/mol. The first-order valence-corrected chi connectivity index (χ1v) is 21.2. The average Bonchev–Trinajstić information content (AvgIpc) is 3.86. The number of anilines is 1. The molecule has 0 saturated carbocycles. The number of fused-ring (bicyclic) bond motifs is 3. The van der Waals surface area contributed by atoms with Gasteiger partial charge in [0.1, 0.15) is 0 Å². The van der Waals surface area contributed by atoms with Crippen molar-refractivity contribution >= 4 is 43.0 Å². The Morgan fingerprint density at radius 1 is 0.469 bits per heavy atom. The van der Waals surface area contributed by atoms with E-state index in [0.29, 0.717) is 0 Å². The molecule has 0 aliphatic heterocycles. The van der Waals surface area contributed by atoms with Crippen molar-refractivity contribution in [2.24, 2.45) is 0 Å². The second kappa shape index (κ2) is 19.9. The van der Waals surface area contributed by atoms with Crippen LogP contribution >= 0.6 is 0 Å². The summed E-state index contributed by atoms with van der Waals surface area (Å²) < 4.78 is 0. The molecule has 0 unspecified atom stereocenters. The quantitative estimate of drug-likeness (QED) is 0.177. The van der Waals surface area contributed by atoms with Crippen LogP contribution in [0.4, 0.5) is 5.69 Å². The van der Waals surface area contributed by atoms with E-state index in [4.69, 9.17) is 0 Å². The van der Waals surface area contributed by atoms with Gasteiger partial charge in [0.05, 0.1) is 0 Å². The summed E-state index contributed by atoms with van der Waals surface area (Å²) in [6.45, 7) is 1.77. The summed E-state index contributed by atoms with van der Waals surface area (Å²) in [5, 5.41) is 8.34. The van der Waals surface area contributed by atoms with Gasteiger partial charge in [-0.3, -0.25) is 0 Å². The van der Waals surface area contributed by atoms with E-state index in [2.05, 4.69) is 175 Å². The Bertz CT molecular complexity index is 2000. The first-order valence-electron chi connectivity index (χ1n) is 16.0. The summed E-state index contributed by atoms with van der Waals surface area (Å²) in [4.78, 5) is 2.50. The smallest absolute Gasteiger partial charge is 0.0427 e. The third kappa shape index (κ3) is 10.5. The Hall–Kier alpha value is -3.98. The fourth-order valence-electron chi connectivity index (χ4n) is 5.78. The Labute approximate surface area is 318 Å². The molecule has 8 rings (SSSR count). The maximum absolute atomic E-state index is 2.50. The van der Waals surface area contributed by atoms with E-state index in [1.165, 1.54) is 48.7 Å². The second-order valence-corrected chi connectivity index (χ2v) is 17.0. The van der Waals surface area contributed by atoms with Gasteiger partial charge in [0.25, 0.3) is 0 Å². The van der Waals surface area contributed by atoms with Gasteiger partial charge in [-0.05, 0) is 11.1 Å². The minimum atomic E-state index is -0.455. The molecule has 0 aliphatic rings. The van der Waals surface area contributed by atoms with E-state index in [0.717, 1.165) is 13.1 Å². The average molecular weight is 770 g/mol. The van der Waals surface area contributed by atoms with Crippen molar-refractivity contribution < 1.29 is 48.1 Å². The zero-order valence-corrected chi connectivity index (χ0v) is 32.1. The Morgan fingerprint density at radius 3 is 1.41 bits per heavy atom. The standard InChI is InChI=1S/C27H22N.C12H10Si.C5H5.2ClH.Zr/c1-3-10-21(11-4-1)19-28(20-22-12-5-2-6-13-22)26-17-9-15-24-18-23-14-7-8-16-25(23)27(24)26;1-3-7-11(8-4-1)13-12-9-5-2-6-10-12;1-2-4-5-3-1;;;/h1-18H,19-20H2;1-10H;1-5H;2*1H;/q-1;;-1;;;+2/p-2. The van der Waals surface area contributed by atoms with E-state index in [1.807, 2.05) is 30.3 Å². The molecule has 0 atom stereocenters. The van der Waals surface area contributed by atoms with Crippen molar-refractivity contribution in [3.05, 3.63) is 211 Å². The normalized spacial score (nSPS) is 10.0. The van der Waals surface area contributed by atoms with Crippen LogP contribution in [0.5, 0.6) is 0 Å². The van der Waals surface area contributed by atoms with Crippen molar-refractivity contribution in [1.82, 2.24) is 0 Å². The van der Waals surface area contributed by atoms with Crippen LogP contribution in [0, 0.1) is 0 Å². The van der Waals surface area contributed by atoms with E-state index in [9.17, 15) is 0 Å². The molecule has 0 radical (unpaired) electrons. The van der Waals surface area contributed by atoms with Crippen LogP contribution in [0.15, 0.2) is 200 Å². The van der Waals surface area contributed by atoms with Crippen LogP contribution in [0.1, 0.15) is 11.1 Å². The van der Waals surface area contributed by atoms with Crippen molar-refractivity contribution in [1.29, 1.82) is 0 Å². The number of halogens is 2. The van der Waals surface area contributed by atoms with Crippen LogP contribution in [-0.4, -0.2) is 5.43 Å². The van der Waals surface area contributed by atoms with Crippen LogP contribution < -0.4 is 40.1 Å². The first kappa shape index (κ1) is 37.8. The predicted molar refractivity (Wildman–Crippen MR) is 200 cm³/mol. The van der Waals surface area contributed by atoms with Gasteiger partial charge in [-0.2, -0.15) is 18.2 Å². The summed E-state index contributed by atoms with van der Waals surface area (Å²) >= 11 is 1.64. The first-order chi connectivity index (χ1) is 23.3. The molecule has 242 valence electrons. The third-order valence-electron chi connectivity index (χ3n) is 8.07. The van der Waals surface area contributed by atoms with Gasteiger partial charge in [-0.25, -0.2) is 12.1 Å². The van der Waals surface area contributed by atoms with Gasteiger partial charge in [0, 0.05) is 18.8 Å². The van der Waals surface area contributed by atoms with Gasteiger partial charge >= 0.3 is 99.8 Å². The zero-order chi connectivity index (χ0) is 32.1. The Morgan fingerprint density at radius 2 is 0.918 bits per heavy atom. The molecule has 0 heterocycles. The van der Waals surface area contributed by atoms with Gasteiger partial charge in [-0.1, -0.05) is 96.4 Å². The maximum atomic E-state index is 2.50. The minimum absolute atomic E-state index is 0. The molecule has 0 fully saturated rings. The predicted octanol–water partition coefficient (Wildman–Crippen LogP) is 3.67. The molecule has 0 aromatic heterocycles. The van der Waals surface area contributed by atoms with Crippen LogP contribution in [-0.2, 0) is 36.4 Å². The van der Waals surface area contributed by atoms with E-state index >= 15 is 0 Å². The van der Waals surface area contributed by atoms with Gasteiger partial charge in [0.15, 0.2) is 0 Å². The molecule has 49 heavy (non-hydrogen) atoms. The fourth-order valence-corrected chi connectivity index (χ4v) is 9.63. The summed E-state index contributed by atoms with van der Waals surface area (Å²) in [5.74, 6) is 0. The number of rotatable bonds is 7. The molecule has 0 amide bonds. The molecule has 0 bridgehead atoms. The fraction of sp³-hybridized carbons (Fsp3) is 0.0455. The van der Waals surface area contributed by atoms with Crippen LogP contribution in [0.2, 0.25) is 0 Å². The molecular weight excluding hydrogens is 733 g/mol. The Balaban J connectivity index is 0.000000215. The van der Waals surface area contributed by atoms with Crippen molar-refractivity contribution in [2.75, 3.05) is 4.90 Å². The minimum Gasteiger partial charge on any atom is -0.369 e. The molecule has 8 aromatic rings. The van der Waals surface area contributed by atoms with Crippen molar-refractivity contribution in [3.8, 4) is 0 Å². The largest absolute Gasteiger partial charge is 0.369 e. The van der Waals surface area contributed by atoms with Gasteiger partial charge in [0.2, 0.25) is 0 Å². The molecule has 0 N–H and O–H groups in total. The topological polar surface area (TPSA) is 3.24 Å². The number of hydrogen-bond acceptors (Lipinski definition) is 1. The Kier molecular flexibility index (Phi) is 15.3. The van der Waals surface area contributed by atoms with E-state index in [1.54, 1.807) is 23.3 Å². The van der Waals surface area contributed by atoms with Crippen LogP contribution in [0.3, 0.4) is 0 Å². The number of hydrogen-bond donors (Lipinski definition) is 0. The molecule has 0 aliphatic carbocycles. The molecule has 0 spiro atoms. The molecular formula is C44H37Cl2NSiZr-2. The molecule has 5 heteroatoms. The molecule has 1 nitrogen and oxygen atoms in total. The summed E-state index contributed by atoms with van der Waals surface area (Å²) in [6.07, 6.45) is 0. The SMILES string of the molecule is [Cl-].[Cl-].[Zr+2]=[Si](c1ccccc1)c1ccccc1.c1cc[cH-]c1.c1ccc(CN(Cc2ccccc2)c2cccc3[cH-]c4ccccc4c23)cc1. The summed E-state index contributed by atoms with van der Waals surface area (Å²) in [6, 6.07) is 70.8. The third-order valence-corrected chi connectivity index (χ3v) is 14.1. The van der Waals surface area contributed by atoms with Gasteiger partial charge < -0.3 is 29.7 Å². The summed E-state index contributed by atoms with van der Waals surface area (Å²) in [5.41, 5.74) is 3.49. The maximum Gasteiger partial charge on any atom is 0.0427 e. The second-order valence-electron chi connectivity index (χ2n) is 11.4. The molecule has 0 saturated heterocycles. The summed E-state index contributed by atoms with van der Waals surface area (Å²) in [7, 11) is 0. The van der Waals surface area contributed by atoms with Crippen molar-refractivity contribution in [3.63, 3.8) is 0 Å². The van der Waals surface area contributed by atoms with E-state index in [-0.39, 0.29) is 24.8 Å².